The predicted molar refractivity (Wildman–Crippen MR) is 30.2 cm³/mol. The number of aromatic nitrogens is 4. The summed E-state index contributed by atoms with van der Waals surface area (Å²) in [5.41, 5.74) is 0.583. The molecule has 0 atom stereocenters. The van der Waals surface area contributed by atoms with E-state index in [1.165, 1.54) is 16.9 Å². The molecule has 0 saturated heterocycles. The van der Waals surface area contributed by atoms with E-state index in [1.807, 2.05) is 0 Å². The minimum Gasteiger partial charge on any atom is -0.857 e. The lowest BCUT2D eigenvalue weighted by atomic mass is 10.5. The van der Waals surface area contributed by atoms with E-state index in [0.29, 0.717) is 5.65 Å². The molecule has 5 heteroatoms. The first-order valence-corrected chi connectivity index (χ1v) is 2.70. The minimum atomic E-state index is -0.285. The fourth-order valence-electron chi connectivity index (χ4n) is 0.711. The third kappa shape index (κ3) is 0.604. The number of hydrogen-bond acceptors (Lipinski definition) is 4. The maximum Gasteiger partial charge on any atom is 0.177 e. The minimum absolute atomic E-state index is 0.285. The smallest absolute Gasteiger partial charge is 0.177 e. The Labute approximate surface area is 55.9 Å². The van der Waals surface area contributed by atoms with Gasteiger partial charge in [0.15, 0.2) is 5.65 Å². The van der Waals surface area contributed by atoms with Crippen molar-refractivity contribution >= 4 is 5.65 Å². The molecule has 0 radical (unpaired) electrons. The van der Waals surface area contributed by atoms with Gasteiger partial charge in [-0.1, -0.05) is 0 Å². The Morgan fingerprint density at radius 2 is 2.30 bits per heavy atom. The van der Waals surface area contributed by atoms with Crippen LogP contribution in [-0.2, 0) is 0 Å². The Balaban J connectivity index is 2.86. The predicted octanol–water partition coefficient (Wildman–Crippen LogP) is -0.802. The summed E-state index contributed by atoms with van der Waals surface area (Å²) in [5.74, 6) is -0.285. The summed E-state index contributed by atoms with van der Waals surface area (Å²) in [6.45, 7) is 0. The molecule has 0 aliphatic rings. The van der Waals surface area contributed by atoms with Gasteiger partial charge >= 0.3 is 0 Å². The Morgan fingerprint density at radius 1 is 1.40 bits per heavy atom. The summed E-state index contributed by atoms with van der Waals surface area (Å²) >= 11 is 0. The van der Waals surface area contributed by atoms with Gasteiger partial charge in [-0.2, -0.15) is 5.10 Å². The van der Waals surface area contributed by atoms with Gasteiger partial charge in [-0.3, -0.25) is 0 Å². The first-order chi connectivity index (χ1) is 4.86. The maximum atomic E-state index is 10.6. The van der Waals surface area contributed by atoms with Crippen LogP contribution in [0, 0.1) is 0 Å². The molecule has 2 heterocycles. The average Bonchev–Trinajstić information content (AvgIpc) is 2.33. The summed E-state index contributed by atoms with van der Waals surface area (Å²) in [6.07, 6.45) is 1.39. The number of rotatable bonds is 0. The van der Waals surface area contributed by atoms with Crippen LogP contribution in [0.1, 0.15) is 0 Å². The Bertz CT molecular complexity index is 355. The van der Waals surface area contributed by atoms with E-state index in [-0.39, 0.29) is 5.88 Å². The van der Waals surface area contributed by atoms with E-state index >= 15 is 0 Å². The zero-order valence-corrected chi connectivity index (χ0v) is 4.93. The molecule has 0 N–H and O–H groups in total. The molecule has 10 heavy (non-hydrogen) atoms. The average molecular weight is 135 g/mol. The van der Waals surface area contributed by atoms with Gasteiger partial charge in [0.05, 0.1) is 0 Å². The van der Waals surface area contributed by atoms with E-state index in [9.17, 15) is 5.11 Å². The number of hydrogen-bond donors (Lipinski definition) is 0. The van der Waals surface area contributed by atoms with Gasteiger partial charge < -0.3 is 5.11 Å². The Kier molecular flexibility index (Phi) is 0.858. The molecule has 0 saturated carbocycles. The largest absolute Gasteiger partial charge is 0.857 e. The summed E-state index contributed by atoms with van der Waals surface area (Å²) in [7, 11) is 0. The van der Waals surface area contributed by atoms with E-state index < -0.39 is 0 Å². The van der Waals surface area contributed by atoms with Crippen molar-refractivity contribution in [3.8, 4) is 5.88 Å². The van der Waals surface area contributed by atoms with Gasteiger partial charge in [0.1, 0.15) is 6.33 Å². The molecule has 0 spiro atoms. The Hall–Kier alpha value is -1.65. The summed E-state index contributed by atoms with van der Waals surface area (Å²) in [6, 6.07) is 2.92. The van der Waals surface area contributed by atoms with Crippen molar-refractivity contribution in [3.63, 3.8) is 0 Å². The van der Waals surface area contributed by atoms with Crippen molar-refractivity contribution in [2.75, 3.05) is 0 Å². The second-order valence-electron chi connectivity index (χ2n) is 1.81. The van der Waals surface area contributed by atoms with E-state index in [2.05, 4.69) is 15.3 Å². The van der Waals surface area contributed by atoms with Crippen LogP contribution in [0.5, 0.6) is 5.88 Å². The first kappa shape index (κ1) is 5.16. The molecule has 5 nitrogen and oxygen atoms in total. The van der Waals surface area contributed by atoms with Gasteiger partial charge in [0.2, 0.25) is 0 Å². The molecule has 50 valence electrons. The topological polar surface area (TPSA) is 66.1 Å². The van der Waals surface area contributed by atoms with Crippen LogP contribution in [0.15, 0.2) is 18.5 Å². The summed E-state index contributed by atoms with van der Waals surface area (Å²) < 4.78 is 1.34. The lowest BCUT2D eigenvalue weighted by Crippen LogP contribution is -1.98. The SMILES string of the molecule is [O-]c1ccc2nncn2n1. The van der Waals surface area contributed by atoms with Crippen LogP contribution in [0.25, 0.3) is 5.65 Å². The molecule has 0 amide bonds. The molecule has 0 bridgehead atoms. The molecule has 2 aromatic rings. The first-order valence-electron chi connectivity index (χ1n) is 2.70. The molecule has 0 aliphatic carbocycles. The summed E-state index contributed by atoms with van der Waals surface area (Å²) in [4.78, 5) is 0. The van der Waals surface area contributed by atoms with Crippen molar-refractivity contribution in [2.45, 2.75) is 0 Å². The van der Waals surface area contributed by atoms with Crippen LogP contribution in [0.3, 0.4) is 0 Å². The number of fused-ring (bicyclic) bond motifs is 1. The molecule has 0 aromatic carbocycles. The van der Waals surface area contributed by atoms with Crippen LogP contribution < -0.4 is 5.11 Å². The van der Waals surface area contributed by atoms with Crippen LogP contribution in [0.2, 0.25) is 0 Å². The van der Waals surface area contributed by atoms with Crippen LogP contribution >= 0.6 is 0 Å². The normalized spacial score (nSPS) is 10.4. The number of nitrogens with zero attached hydrogens (tertiary/aromatic N) is 4. The van der Waals surface area contributed by atoms with Crippen molar-refractivity contribution in [1.29, 1.82) is 0 Å². The van der Waals surface area contributed by atoms with Crippen molar-refractivity contribution in [2.24, 2.45) is 0 Å². The second kappa shape index (κ2) is 1.66. The summed E-state index contributed by atoms with van der Waals surface area (Å²) in [5, 5.41) is 21.4. The zero-order chi connectivity index (χ0) is 6.97. The molecule has 0 fully saturated rings. The standard InChI is InChI=1S/C5H4N4O/c10-5-2-1-4-7-6-3-9(4)8-5/h1-3H,(H,8,10)/p-1. The van der Waals surface area contributed by atoms with Gasteiger partial charge in [0.25, 0.3) is 0 Å². The molecule has 0 unspecified atom stereocenters. The van der Waals surface area contributed by atoms with Gasteiger partial charge in [-0.05, 0) is 12.1 Å². The van der Waals surface area contributed by atoms with Crippen molar-refractivity contribution in [1.82, 2.24) is 19.8 Å². The molecule has 2 aromatic heterocycles. The van der Waals surface area contributed by atoms with Crippen LogP contribution in [0.4, 0.5) is 0 Å². The quantitative estimate of drug-likeness (QED) is 0.474. The third-order valence-electron chi connectivity index (χ3n) is 1.14. The highest BCUT2D eigenvalue weighted by atomic mass is 16.3. The highest BCUT2D eigenvalue weighted by molar-refractivity contribution is 5.34. The van der Waals surface area contributed by atoms with Gasteiger partial charge in [0, 0.05) is 5.88 Å². The monoisotopic (exact) mass is 135 g/mol. The molecule has 2 rings (SSSR count). The van der Waals surface area contributed by atoms with E-state index in [0.717, 1.165) is 0 Å². The lowest BCUT2D eigenvalue weighted by Gasteiger charge is -2.00. The molecular formula is C5H3N4O-. The highest BCUT2D eigenvalue weighted by Crippen LogP contribution is 1.99. The fourth-order valence-corrected chi connectivity index (χ4v) is 0.711. The van der Waals surface area contributed by atoms with Crippen molar-refractivity contribution in [3.05, 3.63) is 18.5 Å². The van der Waals surface area contributed by atoms with Crippen molar-refractivity contribution < 1.29 is 5.11 Å². The highest BCUT2D eigenvalue weighted by Gasteiger charge is 1.90. The zero-order valence-electron chi connectivity index (χ0n) is 4.93. The van der Waals surface area contributed by atoms with Gasteiger partial charge in [-0.25, -0.2) is 4.52 Å². The second-order valence-corrected chi connectivity index (χ2v) is 1.81. The van der Waals surface area contributed by atoms with E-state index in [1.54, 1.807) is 6.07 Å². The third-order valence-corrected chi connectivity index (χ3v) is 1.14. The fraction of sp³-hybridized carbons (Fsp3) is 0. The molecular weight excluding hydrogens is 132 g/mol. The van der Waals surface area contributed by atoms with E-state index in [4.69, 9.17) is 0 Å². The van der Waals surface area contributed by atoms with Crippen LogP contribution in [-0.4, -0.2) is 19.8 Å². The lowest BCUT2D eigenvalue weighted by molar-refractivity contribution is -0.276. The van der Waals surface area contributed by atoms with Gasteiger partial charge in [-0.15, -0.1) is 10.2 Å². The molecule has 0 aliphatic heterocycles. The maximum absolute atomic E-state index is 10.6. The Morgan fingerprint density at radius 3 is 3.20 bits per heavy atom.